The normalized spacial score (nSPS) is 29.4. The van der Waals surface area contributed by atoms with Crippen LogP contribution < -0.4 is 0 Å². The molecule has 2 atom stereocenters. The molecule has 0 bridgehead atoms. The number of ether oxygens (including phenoxy) is 1. The zero-order valence-electron chi connectivity index (χ0n) is 11.9. The summed E-state index contributed by atoms with van der Waals surface area (Å²) in [6.07, 6.45) is 3.79. The highest BCUT2D eigenvalue weighted by atomic mass is 16.5. The van der Waals surface area contributed by atoms with Gasteiger partial charge in [-0.2, -0.15) is 0 Å². The number of nitrogens with zero attached hydrogens (tertiary/aromatic N) is 2. The molecule has 2 aliphatic heterocycles. The average molecular weight is 254 g/mol. The van der Waals surface area contributed by atoms with Gasteiger partial charge in [0.1, 0.15) is 6.61 Å². The van der Waals surface area contributed by atoms with Crippen LogP contribution in [0, 0.1) is 5.92 Å². The summed E-state index contributed by atoms with van der Waals surface area (Å²) in [7, 11) is 2.22. The third-order valence-corrected chi connectivity index (χ3v) is 4.24. The van der Waals surface area contributed by atoms with Gasteiger partial charge >= 0.3 is 0 Å². The zero-order valence-corrected chi connectivity index (χ0v) is 11.9. The Morgan fingerprint density at radius 2 is 2.11 bits per heavy atom. The second-order valence-electron chi connectivity index (χ2n) is 5.94. The molecule has 0 aromatic heterocycles. The number of carbonyl (C=O) groups is 1. The van der Waals surface area contributed by atoms with Crippen LogP contribution in [0.2, 0.25) is 0 Å². The minimum absolute atomic E-state index is 0.132. The fourth-order valence-electron chi connectivity index (χ4n) is 3.21. The molecule has 2 aliphatic rings. The summed E-state index contributed by atoms with van der Waals surface area (Å²) in [6.45, 7) is 7.21. The van der Waals surface area contributed by atoms with Crippen molar-refractivity contribution in [2.75, 3.05) is 33.3 Å². The van der Waals surface area contributed by atoms with Crippen molar-refractivity contribution in [3.05, 3.63) is 0 Å². The summed E-state index contributed by atoms with van der Waals surface area (Å²) in [5.41, 5.74) is 0. The molecule has 2 rings (SSSR count). The van der Waals surface area contributed by atoms with Gasteiger partial charge in [0.25, 0.3) is 0 Å². The lowest BCUT2D eigenvalue weighted by molar-refractivity contribution is -0.141. The van der Waals surface area contributed by atoms with Gasteiger partial charge in [0, 0.05) is 19.1 Å². The van der Waals surface area contributed by atoms with E-state index in [1.54, 1.807) is 0 Å². The molecule has 0 N–H and O–H groups in total. The summed E-state index contributed by atoms with van der Waals surface area (Å²) in [5.74, 6) is 0.830. The Morgan fingerprint density at radius 3 is 2.83 bits per heavy atom. The maximum Gasteiger partial charge on any atom is 0.248 e. The van der Waals surface area contributed by atoms with Crippen LogP contribution in [0.15, 0.2) is 0 Å². The third kappa shape index (κ3) is 3.23. The summed E-state index contributed by atoms with van der Waals surface area (Å²) in [4.78, 5) is 16.5. The minimum atomic E-state index is 0.132. The monoisotopic (exact) mass is 254 g/mol. The van der Waals surface area contributed by atoms with Gasteiger partial charge in [-0.05, 0) is 52.6 Å². The first-order valence-electron chi connectivity index (χ1n) is 7.17. The Hall–Kier alpha value is -0.610. The average Bonchev–Trinajstić information content (AvgIpc) is 2.35. The number of likely N-dealkylation sites (tertiary alicyclic amines) is 2. The SMILES string of the molecule is CC(C)OCC(=O)N1CCC2C(CCCN2C)C1. The van der Waals surface area contributed by atoms with Crippen LogP contribution in [-0.4, -0.2) is 61.1 Å². The first-order valence-corrected chi connectivity index (χ1v) is 7.17. The van der Waals surface area contributed by atoms with Gasteiger partial charge in [-0.25, -0.2) is 0 Å². The predicted octanol–water partition coefficient (Wildman–Crippen LogP) is 1.35. The Morgan fingerprint density at radius 1 is 1.33 bits per heavy atom. The van der Waals surface area contributed by atoms with E-state index in [-0.39, 0.29) is 18.6 Å². The number of carbonyl (C=O) groups excluding carboxylic acids is 1. The van der Waals surface area contributed by atoms with Gasteiger partial charge in [0.05, 0.1) is 6.10 Å². The molecule has 4 nitrogen and oxygen atoms in total. The van der Waals surface area contributed by atoms with E-state index in [0.29, 0.717) is 12.0 Å². The Kier molecular flexibility index (Phi) is 4.62. The van der Waals surface area contributed by atoms with Crippen LogP contribution in [0.3, 0.4) is 0 Å². The fraction of sp³-hybridized carbons (Fsp3) is 0.929. The van der Waals surface area contributed by atoms with Crippen molar-refractivity contribution >= 4 is 5.91 Å². The summed E-state index contributed by atoms with van der Waals surface area (Å²) in [6, 6.07) is 0.689. The van der Waals surface area contributed by atoms with Gasteiger partial charge in [-0.1, -0.05) is 0 Å². The summed E-state index contributed by atoms with van der Waals surface area (Å²) in [5, 5.41) is 0. The van der Waals surface area contributed by atoms with E-state index in [1.807, 2.05) is 18.7 Å². The van der Waals surface area contributed by atoms with E-state index < -0.39 is 0 Å². The standard InChI is InChI=1S/C14H26N2O2/c1-11(2)18-10-14(17)16-8-6-13-12(9-16)5-4-7-15(13)3/h11-13H,4-10H2,1-3H3. The first kappa shape index (κ1) is 13.8. The lowest BCUT2D eigenvalue weighted by atomic mass is 9.84. The molecule has 2 fully saturated rings. The molecule has 1 amide bonds. The van der Waals surface area contributed by atoms with Crippen molar-refractivity contribution in [3.8, 4) is 0 Å². The van der Waals surface area contributed by atoms with E-state index in [1.165, 1.54) is 19.4 Å². The number of piperidine rings is 2. The van der Waals surface area contributed by atoms with Crippen molar-refractivity contribution in [2.45, 2.75) is 45.3 Å². The summed E-state index contributed by atoms with van der Waals surface area (Å²) < 4.78 is 5.41. The Balaban J connectivity index is 1.84. The topological polar surface area (TPSA) is 32.8 Å². The van der Waals surface area contributed by atoms with Crippen molar-refractivity contribution < 1.29 is 9.53 Å². The van der Waals surface area contributed by atoms with Gasteiger partial charge in [0.2, 0.25) is 5.91 Å². The number of rotatable bonds is 3. The quantitative estimate of drug-likeness (QED) is 0.762. The number of fused-ring (bicyclic) bond motifs is 1. The molecule has 0 aromatic carbocycles. The van der Waals surface area contributed by atoms with E-state index in [0.717, 1.165) is 19.5 Å². The van der Waals surface area contributed by atoms with Crippen molar-refractivity contribution in [1.82, 2.24) is 9.80 Å². The third-order valence-electron chi connectivity index (χ3n) is 4.24. The predicted molar refractivity (Wildman–Crippen MR) is 71.4 cm³/mol. The first-order chi connectivity index (χ1) is 8.58. The fourth-order valence-corrected chi connectivity index (χ4v) is 3.21. The van der Waals surface area contributed by atoms with Crippen LogP contribution in [0.5, 0.6) is 0 Å². The highest BCUT2D eigenvalue weighted by Gasteiger charge is 2.35. The molecule has 2 heterocycles. The molecule has 4 heteroatoms. The van der Waals surface area contributed by atoms with Crippen molar-refractivity contribution in [2.24, 2.45) is 5.92 Å². The van der Waals surface area contributed by atoms with Crippen molar-refractivity contribution in [3.63, 3.8) is 0 Å². The van der Waals surface area contributed by atoms with Gasteiger partial charge in [-0.3, -0.25) is 4.79 Å². The second-order valence-corrected chi connectivity index (χ2v) is 5.94. The molecule has 0 radical (unpaired) electrons. The molecular weight excluding hydrogens is 228 g/mol. The minimum Gasteiger partial charge on any atom is -0.369 e. The molecule has 104 valence electrons. The number of hydrogen-bond donors (Lipinski definition) is 0. The molecular formula is C14H26N2O2. The van der Waals surface area contributed by atoms with Gasteiger partial charge in [-0.15, -0.1) is 0 Å². The number of hydrogen-bond acceptors (Lipinski definition) is 3. The van der Waals surface area contributed by atoms with Crippen LogP contribution in [0.25, 0.3) is 0 Å². The maximum atomic E-state index is 12.0. The highest BCUT2D eigenvalue weighted by Crippen LogP contribution is 2.29. The highest BCUT2D eigenvalue weighted by molar-refractivity contribution is 5.77. The van der Waals surface area contributed by atoms with Crippen molar-refractivity contribution in [1.29, 1.82) is 0 Å². The smallest absolute Gasteiger partial charge is 0.248 e. The maximum absolute atomic E-state index is 12.0. The molecule has 0 spiro atoms. The van der Waals surface area contributed by atoms with E-state index in [4.69, 9.17) is 4.74 Å². The zero-order chi connectivity index (χ0) is 13.1. The molecule has 18 heavy (non-hydrogen) atoms. The van der Waals surface area contributed by atoms with E-state index in [2.05, 4.69) is 11.9 Å². The molecule has 0 aromatic rings. The Labute approximate surface area is 110 Å². The van der Waals surface area contributed by atoms with Crippen LogP contribution in [0.1, 0.15) is 33.1 Å². The van der Waals surface area contributed by atoms with Crippen LogP contribution in [0.4, 0.5) is 0 Å². The van der Waals surface area contributed by atoms with Gasteiger partial charge < -0.3 is 14.5 Å². The number of amides is 1. The molecule has 2 unspecified atom stereocenters. The van der Waals surface area contributed by atoms with Gasteiger partial charge in [0.15, 0.2) is 0 Å². The largest absolute Gasteiger partial charge is 0.369 e. The Bertz CT molecular complexity index is 294. The molecule has 0 aliphatic carbocycles. The molecule has 2 saturated heterocycles. The van der Waals surface area contributed by atoms with E-state index >= 15 is 0 Å². The lowest BCUT2D eigenvalue weighted by Crippen LogP contribution is -2.54. The molecule has 0 saturated carbocycles. The second kappa shape index (κ2) is 6.02. The van der Waals surface area contributed by atoms with Crippen LogP contribution >= 0.6 is 0 Å². The lowest BCUT2D eigenvalue weighted by Gasteiger charge is -2.46. The van der Waals surface area contributed by atoms with E-state index in [9.17, 15) is 4.79 Å². The van der Waals surface area contributed by atoms with Crippen LogP contribution in [-0.2, 0) is 9.53 Å². The summed E-state index contributed by atoms with van der Waals surface area (Å²) >= 11 is 0.